The molecular formula is C13H18N4O. The number of nitrogens with zero attached hydrogens (tertiary/aromatic N) is 3. The van der Waals surface area contributed by atoms with Crippen LogP contribution in [0.1, 0.15) is 24.3 Å². The lowest BCUT2D eigenvalue weighted by atomic mass is 9.93. The molecule has 0 bridgehead atoms. The SMILES string of the molecule is COc1cnc2c(C3CCCNC3)cn(C)c2n1. The van der Waals surface area contributed by atoms with Gasteiger partial charge in [0.05, 0.1) is 13.3 Å². The third-order valence-electron chi connectivity index (χ3n) is 3.62. The van der Waals surface area contributed by atoms with E-state index >= 15 is 0 Å². The van der Waals surface area contributed by atoms with E-state index in [-0.39, 0.29) is 0 Å². The summed E-state index contributed by atoms with van der Waals surface area (Å²) in [6, 6.07) is 0. The topological polar surface area (TPSA) is 52.0 Å². The van der Waals surface area contributed by atoms with Crippen molar-refractivity contribution in [2.24, 2.45) is 7.05 Å². The fourth-order valence-electron chi connectivity index (χ4n) is 2.66. The number of ether oxygens (including phenoxy) is 1. The minimum atomic E-state index is 0.546. The number of hydrogen-bond acceptors (Lipinski definition) is 4. The van der Waals surface area contributed by atoms with Gasteiger partial charge >= 0.3 is 0 Å². The van der Waals surface area contributed by atoms with Crippen LogP contribution in [0.15, 0.2) is 12.4 Å². The van der Waals surface area contributed by atoms with Crippen molar-refractivity contribution in [3.8, 4) is 5.88 Å². The van der Waals surface area contributed by atoms with Gasteiger partial charge in [-0.25, -0.2) is 4.98 Å². The zero-order valence-corrected chi connectivity index (χ0v) is 10.8. The quantitative estimate of drug-likeness (QED) is 0.871. The van der Waals surface area contributed by atoms with Crippen molar-refractivity contribution < 1.29 is 4.74 Å². The predicted octanol–water partition coefficient (Wildman–Crippen LogP) is 1.44. The molecule has 1 aliphatic rings. The van der Waals surface area contributed by atoms with Crippen LogP contribution in [-0.2, 0) is 7.05 Å². The van der Waals surface area contributed by atoms with Crippen LogP contribution in [0, 0.1) is 0 Å². The van der Waals surface area contributed by atoms with Gasteiger partial charge in [0.2, 0.25) is 5.88 Å². The van der Waals surface area contributed by atoms with Gasteiger partial charge in [-0.05, 0) is 19.4 Å². The molecule has 18 heavy (non-hydrogen) atoms. The fraction of sp³-hybridized carbons (Fsp3) is 0.538. The Labute approximate surface area is 106 Å². The highest BCUT2D eigenvalue weighted by molar-refractivity contribution is 5.77. The first-order chi connectivity index (χ1) is 8.79. The fourth-order valence-corrected chi connectivity index (χ4v) is 2.66. The molecule has 1 N–H and O–H groups in total. The number of aromatic nitrogens is 3. The van der Waals surface area contributed by atoms with E-state index in [0.717, 1.165) is 24.3 Å². The summed E-state index contributed by atoms with van der Waals surface area (Å²) in [7, 11) is 3.63. The molecule has 1 aliphatic heterocycles. The number of fused-ring (bicyclic) bond motifs is 1. The van der Waals surface area contributed by atoms with E-state index in [1.54, 1.807) is 13.3 Å². The lowest BCUT2D eigenvalue weighted by Crippen LogP contribution is -2.28. The van der Waals surface area contributed by atoms with Gasteiger partial charge in [0.25, 0.3) is 0 Å². The van der Waals surface area contributed by atoms with E-state index < -0.39 is 0 Å². The van der Waals surface area contributed by atoms with Gasteiger partial charge in [-0.1, -0.05) is 0 Å². The van der Waals surface area contributed by atoms with Crippen LogP contribution in [0.3, 0.4) is 0 Å². The standard InChI is InChI=1S/C13H18N4O/c1-17-8-10(9-4-3-5-14-6-9)12-13(17)16-11(18-2)7-15-12/h7-9,14H,3-6H2,1-2H3. The molecule has 0 amide bonds. The first-order valence-corrected chi connectivity index (χ1v) is 6.36. The Morgan fingerprint density at radius 3 is 3.11 bits per heavy atom. The summed E-state index contributed by atoms with van der Waals surface area (Å²) < 4.78 is 7.17. The zero-order valence-electron chi connectivity index (χ0n) is 10.8. The lowest BCUT2D eigenvalue weighted by Gasteiger charge is -2.21. The van der Waals surface area contributed by atoms with Crippen molar-refractivity contribution in [1.82, 2.24) is 19.9 Å². The van der Waals surface area contributed by atoms with Crippen molar-refractivity contribution in [1.29, 1.82) is 0 Å². The van der Waals surface area contributed by atoms with Gasteiger partial charge in [-0.3, -0.25) is 0 Å². The molecule has 5 heteroatoms. The van der Waals surface area contributed by atoms with Crippen LogP contribution >= 0.6 is 0 Å². The number of aryl methyl sites for hydroxylation is 1. The number of hydrogen-bond donors (Lipinski definition) is 1. The Morgan fingerprint density at radius 2 is 2.39 bits per heavy atom. The van der Waals surface area contributed by atoms with Crippen LogP contribution in [-0.4, -0.2) is 34.7 Å². The molecule has 0 saturated carbocycles. The minimum Gasteiger partial charge on any atom is -0.480 e. The van der Waals surface area contributed by atoms with E-state index in [1.807, 2.05) is 11.6 Å². The van der Waals surface area contributed by atoms with Crippen molar-refractivity contribution >= 4 is 11.2 Å². The van der Waals surface area contributed by atoms with Gasteiger partial charge in [-0.15, -0.1) is 0 Å². The summed E-state index contributed by atoms with van der Waals surface area (Å²) in [5, 5.41) is 3.45. The van der Waals surface area contributed by atoms with Gasteiger partial charge < -0.3 is 14.6 Å². The Bertz CT molecular complexity index is 557. The first-order valence-electron chi connectivity index (χ1n) is 6.36. The monoisotopic (exact) mass is 246 g/mol. The average Bonchev–Trinajstić information content (AvgIpc) is 2.77. The summed E-state index contributed by atoms with van der Waals surface area (Å²) in [5.41, 5.74) is 3.21. The highest BCUT2D eigenvalue weighted by Gasteiger charge is 2.21. The maximum absolute atomic E-state index is 5.13. The number of nitrogens with one attached hydrogen (secondary N) is 1. The molecule has 3 heterocycles. The maximum atomic E-state index is 5.13. The van der Waals surface area contributed by atoms with Crippen molar-refractivity contribution in [3.05, 3.63) is 18.0 Å². The summed E-state index contributed by atoms with van der Waals surface area (Å²) in [6.45, 7) is 2.16. The second-order valence-corrected chi connectivity index (χ2v) is 4.82. The highest BCUT2D eigenvalue weighted by atomic mass is 16.5. The molecule has 0 aromatic carbocycles. The summed E-state index contributed by atoms with van der Waals surface area (Å²) in [6.07, 6.45) is 6.30. The summed E-state index contributed by atoms with van der Waals surface area (Å²) in [4.78, 5) is 8.98. The lowest BCUT2D eigenvalue weighted by molar-refractivity contribution is 0.397. The highest BCUT2D eigenvalue weighted by Crippen LogP contribution is 2.29. The van der Waals surface area contributed by atoms with Gasteiger partial charge in [0, 0.05) is 31.3 Å². The Hall–Kier alpha value is -1.62. The molecule has 5 nitrogen and oxygen atoms in total. The molecule has 1 saturated heterocycles. The minimum absolute atomic E-state index is 0.546. The van der Waals surface area contributed by atoms with Crippen LogP contribution in [0.4, 0.5) is 0 Å². The van der Waals surface area contributed by atoms with E-state index in [0.29, 0.717) is 11.8 Å². The molecule has 0 aliphatic carbocycles. The van der Waals surface area contributed by atoms with E-state index in [1.165, 1.54) is 18.4 Å². The van der Waals surface area contributed by atoms with Crippen molar-refractivity contribution in [3.63, 3.8) is 0 Å². The second-order valence-electron chi connectivity index (χ2n) is 4.82. The largest absolute Gasteiger partial charge is 0.480 e. The Morgan fingerprint density at radius 1 is 1.50 bits per heavy atom. The Kier molecular flexibility index (Phi) is 2.91. The molecule has 2 aromatic rings. The third-order valence-corrected chi connectivity index (χ3v) is 3.62. The summed E-state index contributed by atoms with van der Waals surface area (Å²) >= 11 is 0. The number of piperidine rings is 1. The van der Waals surface area contributed by atoms with Gasteiger partial charge in [-0.2, -0.15) is 4.98 Å². The van der Waals surface area contributed by atoms with Gasteiger partial charge in [0.15, 0.2) is 5.65 Å². The molecule has 1 fully saturated rings. The first kappa shape index (κ1) is 11.5. The Balaban J connectivity index is 2.07. The second kappa shape index (κ2) is 4.57. The molecule has 3 rings (SSSR count). The molecule has 1 unspecified atom stereocenters. The van der Waals surface area contributed by atoms with E-state index in [4.69, 9.17) is 4.74 Å². The molecule has 1 atom stereocenters. The number of methoxy groups -OCH3 is 1. The average molecular weight is 246 g/mol. The van der Waals surface area contributed by atoms with Crippen molar-refractivity contribution in [2.75, 3.05) is 20.2 Å². The normalized spacial score (nSPS) is 20.2. The molecule has 96 valence electrons. The third kappa shape index (κ3) is 1.84. The summed E-state index contributed by atoms with van der Waals surface area (Å²) in [5.74, 6) is 1.11. The zero-order chi connectivity index (χ0) is 12.5. The van der Waals surface area contributed by atoms with Crippen LogP contribution in [0.25, 0.3) is 11.2 Å². The molecule has 2 aromatic heterocycles. The molecule has 0 spiro atoms. The smallest absolute Gasteiger partial charge is 0.234 e. The van der Waals surface area contributed by atoms with Crippen LogP contribution in [0.5, 0.6) is 5.88 Å². The number of rotatable bonds is 2. The van der Waals surface area contributed by atoms with Crippen LogP contribution < -0.4 is 10.1 Å². The molecule has 0 radical (unpaired) electrons. The van der Waals surface area contributed by atoms with Crippen LogP contribution in [0.2, 0.25) is 0 Å². The van der Waals surface area contributed by atoms with E-state index in [9.17, 15) is 0 Å². The maximum Gasteiger partial charge on any atom is 0.234 e. The van der Waals surface area contributed by atoms with Gasteiger partial charge in [0.1, 0.15) is 5.52 Å². The van der Waals surface area contributed by atoms with E-state index in [2.05, 4.69) is 21.5 Å². The predicted molar refractivity (Wildman–Crippen MR) is 69.9 cm³/mol. The van der Waals surface area contributed by atoms with Crippen molar-refractivity contribution in [2.45, 2.75) is 18.8 Å². The molecular weight excluding hydrogens is 228 g/mol.